The predicted molar refractivity (Wildman–Crippen MR) is 48.0 cm³/mol. The monoisotopic (exact) mass is 241 g/mol. The number of halogens is 1. The van der Waals surface area contributed by atoms with Gasteiger partial charge in [-0.3, -0.25) is 0 Å². The summed E-state index contributed by atoms with van der Waals surface area (Å²) < 4.78 is 24.6. The number of hydrogen-bond acceptors (Lipinski definition) is 2. The fourth-order valence-corrected chi connectivity index (χ4v) is 2.37. The van der Waals surface area contributed by atoms with Gasteiger partial charge in [0.2, 0.25) is 10.0 Å². The maximum absolute atomic E-state index is 11.0. The van der Waals surface area contributed by atoms with Crippen molar-refractivity contribution in [1.82, 2.24) is 4.72 Å². The second-order valence-corrected chi connectivity index (χ2v) is 6.06. The van der Waals surface area contributed by atoms with Crippen molar-refractivity contribution in [2.45, 2.75) is 25.8 Å². The zero-order valence-electron chi connectivity index (χ0n) is 6.38. The Morgan fingerprint density at radius 3 is 2.45 bits per heavy atom. The van der Waals surface area contributed by atoms with E-state index in [9.17, 15) is 8.42 Å². The molecule has 0 aliphatic heterocycles. The third-order valence-electron chi connectivity index (χ3n) is 2.09. The Balaban J connectivity index is 2.42. The summed E-state index contributed by atoms with van der Waals surface area (Å²) in [5.74, 6) is 0.504. The fourth-order valence-electron chi connectivity index (χ4n) is 1.10. The maximum Gasteiger partial charge on any atom is 0.221 e. The zero-order chi connectivity index (χ0) is 8.48. The first-order valence-electron chi connectivity index (χ1n) is 3.61. The third-order valence-corrected chi connectivity index (χ3v) is 4.85. The largest absolute Gasteiger partial charge is 0.221 e. The van der Waals surface area contributed by atoms with Gasteiger partial charge in [0.05, 0.1) is 0 Å². The average molecular weight is 242 g/mol. The van der Waals surface area contributed by atoms with E-state index in [0.717, 1.165) is 12.8 Å². The SMILES string of the molecule is CC1CCC1NS(=O)(=O)CBr. The number of rotatable bonds is 3. The van der Waals surface area contributed by atoms with Crippen LogP contribution in [0.2, 0.25) is 0 Å². The highest BCUT2D eigenvalue weighted by Gasteiger charge is 2.29. The number of nitrogens with one attached hydrogen (secondary N) is 1. The normalized spacial score (nSPS) is 31.5. The topological polar surface area (TPSA) is 46.2 Å². The smallest absolute Gasteiger partial charge is 0.212 e. The molecule has 1 saturated carbocycles. The lowest BCUT2D eigenvalue weighted by molar-refractivity contribution is 0.260. The number of sulfonamides is 1. The van der Waals surface area contributed by atoms with Gasteiger partial charge in [-0.05, 0) is 18.8 Å². The van der Waals surface area contributed by atoms with Crippen molar-refractivity contribution in [3.8, 4) is 0 Å². The van der Waals surface area contributed by atoms with E-state index in [0.29, 0.717) is 5.92 Å². The van der Waals surface area contributed by atoms with Gasteiger partial charge < -0.3 is 0 Å². The van der Waals surface area contributed by atoms with Gasteiger partial charge in [0, 0.05) is 6.04 Å². The molecule has 1 fully saturated rings. The van der Waals surface area contributed by atoms with Crippen LogP contribution in [-0.4, -0.2) is 19.1 Å². The summed E-state index contributed by atoms with van der Waals surface area (Å²) in [4.78, 5) is 0. The Bertz CT molecular complexity index is 227. The molecule has 2 atom stereocenters. The Morgan fingerprint density at radius 2 is 2.18 bits per heavy atom. The molecule has 0 amide bonds. The molecule has 1 aliphatic rings. The molecule has 11 heavy (non-hydrogen) atoms. The molecule has 1 N–H and O–H groups in total. The van der Waals surface area contributed by atoms with E-state index in [1.54, 1.807) is 0 Å². The fraction of sp³-hybridized carbons (Fsp3) is 1.00. The quantitative estimate of drug-likeness (QED) is 0.752. The van der Waals surface area contributed by atoms with Gasteiger partial charge in [-0.2, -0.15) is 0 Å². The number of alkyl halides is 1. The van der Waals surface area contributed by atoms with Crippen LogP contribution in [0.25, 0.3) is 0 Å². The summed E-state index contributed by atoms with van der Waals surface area (Å²) in [6, 6.07) is 0.178. The van der Waals surface area contributed by atoms with Gasteiger partial charge in [0.1, 0.15) is 4.66 Å². The van der Waals surface area contributed by atoms with Gasteiger partial charge in [0.25, 0.3) is 0 Å². The Hall–Kier alpha value is 0.390. The summed E-state index contributed by atoms with van der Waals surface area (Å²) >= 11 is 2.92. The maximum atomic E-state index is 11.0. The molecule has 0 bridgehead atoms. The van der Waals surface area contributed by atoms with Gasteiger partial charge in [-0.1, -0.05) is 22.9 Å². The summed E-state index contributed by atoms with van der Waals surface area (Å²) in [6.07, 6.45) is 2.11. The second-order valence-electron chi connectivity index (χ2n) is 3.00. The van der Waals surface area contributed by atoms with E-state index in [2.05, 4.69) is 27.6 Å². The van der Waals surface area contributed by atoms with Crippen LogP contribution in [0.15, 0.2) is 0 Å². The molecular formula is C6H12BrNO2S. The van der Waals surface area contributed by atoms with Crippen LogP contribution in [0, 0.1) is 5.92 Å². The minimum atomic E-state index is -3.05. The molecule has 0 aromatic heterocycles. The summed E-state index contributed by atoms with van der Waals surface area (Å²) in [5.41, 5.74) is 0. The van der Waals surface area contributed by atoms with E-state index >= 15 is 0 Å². The average Bonchev–Trinajstić information content (AvgIpc) is 1.98. The van der Waals surface area contributed by atoms with Crippen molar-refractivity contribution >= 4 is 26.0 Å². The molecular weight excluding hydrogens is 230 g/mol. The standard InChI is InChI=1S/C6H12BrNO2S/c1-5-2-3-6(5)8-11(9,10)4-7/h5-6,8H,2-4H2,1H3. The lowest BCUT2D eigenvalue weighted by atomic mass is 9.82. The highest BCUT2D eigenvalue weighted by Crippen LogP contribution is 2.26. The van der Waals surface area contributed by atoms with Crippen molar-refractivity contribution in [3.63, 3.8) is 0 Å². The lowest BCUT2D eigenvalue weighted by Gasteiger charge is -2.33. The molecule has 1 aliphatic carbocycles. The zero-order valence-corrected chi connectivity index (χ0v) is 8.78. The van der Waals surface area contributed by atoms with Crippen molar-refractivity contribution in [2.24, 2.45) is 5.92 Å². The highest BCUT2D eigenvalue weighted by atomic mass is 79.9. The van der Waals surface area contributed by atoms with Crippen molar-refractivity contribution in [1.29, 1.82) is 0 Å². The van der Waals surface area contributed by atoms with Crippen LogP contribution < -0.4 is 4.72 Å². The summed E-state index contributed by atoms with van der Waals surface area (Å²) in [6.45, 7) is 2.06. The van der Waals surface area contributed by atoms with E-state index in [1.165, 1.54) is 0 Å². The molecule has 0 spiro atoms. The summed E-state index contributed by atoms with van der Waals surface area (Å²) in [7, 11) is -3.05. The van der Waals surface area contributed by atoms with E-state index < -0.39 is 10.0 Å². The first-order chi connectivity index (χ1) is 5.05. The van der Waals surface area contributed by atoms with Crippen LogP contribution in [0.4, 0.5) is 0 Å². The molecule has 66 valence electrons. The van der Waals surface area contributed by atoms with Crippen LogP contribution in [0.3, 0.4) is 0 Å². The first-order valence-corrected chi connectivity index (χ1v) is 6.38. The van der Waals surface area contributed by atoms with Crippen molar-refractivity contribution in [2.75, 3.05) is 4.66 Å². The Labute approximate surface area is 75.7 Å². The van der Waals surface area contributed by atoms with Crippen molar-refractivity contribution < 1.29 is 8.42 Å². The first kappa shape index (κ1) is 9.48. The predicted octanol–water partition coefficient (Wildman–Crippen LogP) is 1.06. The number of hydrogen-bond donors (Lipinski definition) is 1. The molecule has 0 radical (unpaired) electrons. The minimum absolute atomic E-state index is 0.00319. The second kappa shape index (κ2) is 3.41. The lowest BCUT2D eigenvalue weighted by Crippen LogP contribution is -2.45. The van der Waals surface area contributed by atoms with E-state index in [1.807, 2.05) is 0 Å². The molecule has 3 nitrogen and oxygen atoms in total. The van der Waals surface area contributed by atoms with E-state index in [-0.39, 0.29) is 10.7 Å². The molecule has 0 aromatic rings. The molecule has 0 saturated heterocycles. The van der Waals surface area contributed by atoms with Crippen LogP contribution in [0.1, 0.15) is 19.8 Å². The van der Waals surface area contributed by atoms with Crippen LogP contribution >= 0.6 is 15.9 Å². The highest BCUT2D eigenvalue weighted by molar-refractivity contribution is 9.10. The van der Waals surface area contributed by atoms with Crippen molar-refractivity contribution in [3.05, 3.63) is 0 Å². The van der Waals surface area contributed by atoms with Crippen LogP contribution in [0.5, 0.6) is 0 Å². The van der Waals surface area contributed by atoms with Gasteiger partial charge >= 0.3 is 0 Å². The molecule has 0 aromatic carbocycles. The van der Waals surface area contributed by atoms with Gasteiger partial charge in [0.15, 0.2) is 0 Å². The Kier molecular flexibility index (Phi) is 2.94. The third kappa shape index (κ3) is 2.42. The van der Waals surface area contributed by atoms with Gasteiger partial charge in [-0.15, -0.1) is 0 Å². The summed E-state index contributed by atoms with van der Waals surface area (Å²) in [5, 5.41) is 0. The minimum Gasteiger partial charge on any atom is -0.212 e. The molecule has 1 rings (SSSR count). The molecule has 2 unspecified atom stereocenters. The molecule has 5 heteroatoms. The van der Waals surface area contributed by atoms with Gasteiger partial charge in [-0.25, -0.2) is 13.1 Å². The van der Waals surface area contributed by atoms with E-state index in [4.69, 9.17) is 0 Å². The van der Waals surface area contributed by atoms with Crippen LogP contribution in [-0.2, 0) is 10.0 Å². The Morgan fingerprint density at radius 1 is 1.55 bits per heavy atom. The molecule has 0 heterocycles.